The second-order valence-electron chi connectivity index (χ2n) is 10.2. The molecule has 0 heterocycles. The molecule has 0 radical (unpaired) electrons. The maximum atomic E-state index is 12.6. The molecule has 0 aliphatic carbocycles. The van der Waals surface area contributed by atoms with Crippen LogP contribution in [0.15, 0.2) is 0 Å². The summed E-state index contributed by atoms with van der Waals surface area (Å²) in [5, 5.41) is 7.20. The van der Waals surface area contributed by atoms with Crippen LogP contribution in [-0.4, -0.2) is 41.9 Å². The van der Waals surface area contributed by atoms with Crippen LogP contribution in [-0.2, 0) is 24.4 Å². The van der Waals surface area contributed by atoms with Gasteiger partial charge in [0.2, 0.25) is 0 Å². The van der Waals surface area contributed by atoms with E-state index in [0.29, 0.717) is 12.8 Å². The summed E-state index contributed by atoms with van der Waals surface area (Å²) in [6.07, 6.45) is 22.3. The zero-order valence-electron chi connectivity index (χ0n) is 23.1. The number of carboxylic acid groups (broad SMARTS) is 1. The molecule has 0 aliphatic rings. The van der Waals surface area contributed by atoms with E-state index in [2.05, 4.69) is 13.8 Å². The lowest BCUT2D eigenvalue weighted by Crippen LogP contribution is -2.41. The zero-order chi connectivity index (χ0) is 27.1. The Hall–Kier alpha value is -1.15. The Morgan fingerprint density at radius 2 is 1.00 bits per heavy atom. The van der Waals surface area contributed by atoms with Crippen molar-refractivity contribution in [2.45, 2.75) is 154 Å². The minimum atomic E-state index is -4.92. The number of ether oxygens (including phenoxy) is 1. The maximum Gasteiger partial charge on any atom is 0.325 e. The van der Waals surface area contributed by atoms with Crippen LogP contribution in [0.3, 0.4) is 0 Å². The van der Waals surface area contributed by atoms with Crippen LogP contribution in [0.1, 0.15) is 149 Å². The number of rotatable bonds is 26. The van der Waals surface area contributed by atoms with Crippen molar-refractivity contribution >= 4 is 22.1 Å². The third kappa shape index (κ3) is 19.0. The average molecular weight is 535 g/mol. The second kappa shape index (κ2) is 23.0. The van der Waals surface area contributed by atoms with E-state index >= 15 is 0 Å². The van der Waals surface area contributed by atoms with Gasteiger partial charge < -0.3 is 9.84 Å². The zero-order valence-corrected chi connectivity index (χ0v) is 23.9. The highest BCUT2D eigenvalue weighted by Crippen LogP contribution is 2.23. The van der Waals surface area contributed by atoms with Crippen molar-refractivity contribution in [3.63, 3.8) is 0 Å². The van der Waals surface area contributed by atoms with Crippen molar-refractivity contribution in [1.29, 1.82) is 0 Å². The third-order valence-corrected chi connectivity index (χ3v) is 8.02. The van der Waals surface area contributed by atoms with Crippen LogP contribution >= 0.6 is 0 Å². The Balaban J connectivity index is 4.28. The lowest BCUT2D eigenvalue weighted by Gasteiger charge is -2.20. The number of carboxylic acids is 1. The molecule has 214 valence electrons. The molecule has 0 amide bonds. The highest BCUT2D eigenvalue weighted by molar-refractivity contribution is 7.87. The van der Waals surface area contributed by atoms with Crippen molar-refractivity contribution in [2.24, 2.45) is 5.92 Å². The largest absolute Gasteiger partial charge is 0.480 e. The lowest BCUT2D eigenvalue weighted by molar-refractivity contribution is -0.153. The smallest absolute Gasteiger partial charge is 0.325 e. The topological polar surface area (TPSA) is 118 Å². The lowest BCUT2D eigenvalue weighted by atomic mass is 9.96. The Morgan fingerprint density at radius 1 is 0.639 bits per heavy atom. The molecule has 0 aromatic heterocycles. The van der Waals surface area contributed by atoms with Gasteiger partial charge in [0.15, 0.2) is 5.25 Å². The van der Waals surface area contributed by atoms with Gasteiger partial charge in [-0.05, 0) is 12.8 Å². The SMILES string of the molecule is CCCCCCCCCCCCCCCCC(C(=O)OCCCCCCCC)C(C(=O)O)S(=O)(=O)O. The fourth-order valence-electron chi connectivity index (χ4n) is 4.62. The molecule has 2 unspecified atom stereocenters. The molecule has 0 aliphatic heterocycles. The molecule has 36 heavy (non-hydrogen) atoms. The third-order valence-electron chi connectivity index (χ3n) is 6.84. The van der Waals surface area contributed by atoms with E-state index in [9.17, 15) is 27.7 Å². The Kier molecular flexibility index (Phi) is 22.3. The first kappa shape index (κ1) is 34.9. The van der Waals surface area contributed by atoms with Crippen molar-refractivity contribution in [1.82, 2.24) is 0 Å². The summed E-state index contributed by atoms with van der Waals surface area (Å²) < 4.78 is 38.1. The van der Waals surface area contributed by atoms with Gasteiger partial charge in [-0.2, -0.15) is 8.42 Å². The molecule has 0 aromatic carbocycles. The monoisotopic (exact) mass is 534 g/mol. The minimum Gasteiger partial charge on any atom is -0.480 e. The summed E-state index contributed by atoms with van der Waals surface area (Å²) in [4.78, 5) is 24.1. The van der Waals surface area contributed by atoms with E-state index in [0.717, 1.165) is 57.8 Å². The maximum absolute atomic E-state index is 12.6. The van der Waals surface area contributed by atoms with Crippen LogP contribution in [0.4, 0.5) is 0 Å². The average Bonchev–Trinajstić information content (AvgIpc) is 2.81. The van der Waals surface area contributed by atoms with Crippen LogP contribution < -0.4 is 0 Å². The molecule has 0 saturated heterocycles. The molecule has 0 rings (SSSR count). The number of carbonyl (C=O) groups is 2. The normalized spacial score (nSPS) is 13.4. The quantitative estimate of drug-likeness (QED) is 0.0662. The molecule has 0 aromatic rings. The molecule has 0 saturated carbocycles. The van der Waals surface area contributed by atoms with Gasteiger partial charge in [0.05, 0.1) is 12.5 Å². The van der Waals surface area contributed by atoms with E-state index in [1.54, 1.807) is 0 Å². The van der Waals surface area contributed by atoms with Gasteiger partial charge in [0.25, 0.3) is 10.1 Å². The van der Waals surface area contributed by atoms with Crippen molar-refractivity contribution < 1.29 is 32.4 Å². The molecular formula is C28H54O7S. The molecular weight excluding hydrogens is 480 g/mol. The summed E-state index contributed by atoms with van der Waals surface area (Å²) in [6.45, 7) is 4.50. The molecule has 0 bridgehead atoms. The van der Waals surface area contributed by atoms with Crippen molar-refractivity contribution in [3.05, 3.63) is 0 Å². The van der Waals surface area contributed by atoms with Gasteiger partial charge in [0.1, 0.15) is 0 Å². The number of carbonyl (C=O) groups excluding carboxylic acids is 1. The van der Waals surface area contributed by atoms with Gasteiger partial charge in [0, 0.05) is 0 Å². The number of unbranched alkanes of at least 4 members (excludes halogenated alkanes) is 18. The molecule has 2 N–H and O–H groups in total. The molecule has 0 spiro atoms. The first-order valence-electron chi connectivity index (χ1n) is 14.6. The predicted molar refractivity (Wildman–Crippen MR) is 146 cm³/mol. The van der Waals surface area contributed by atoms with Crippen molar-refractivity contribution in [2.75, 3.05) is 6.61 Å². The van der Waals surface area contributed by atoms with Gasteiger partial charge in [-0.3, -0.25) is 14.1 Å². The van der Waals surface area contributed by atoms with Gasteiger partial charge in [-0.25, -0.2) is 0 Å². The first-order chi connectivity index (χ1) is 17.3. The summed E-state index contributed by atoms with van der Waals surface area (Å²) in [7, 11) is -4.92. The van der Waals surface area contributed by atoms with E-state index in [1.807, 2.05) is 0 Å². The van der Waals surface area contributed by atoms with Crippen molar-refractivity contribution in [3.8, 4) is 0 Å². The number of hydrogen-bond donors (Lipinski definition) is 2. The summed E-state index contributed by atoms with van der Waals surface area (Å²) in [5.41, 5.74) is 0. The van der Waals surface area contributed by atoms with E-state index in [4.69, 9.17) is 4.74 Å². The van der Waals surface area contributed by atoms with E-state index in [1.165, 1.54) is 57.8 Å². The van der Waals surface area contributed by atoms with Crippen LogP contribution in [0.25, 0.3) is 0 Å². The van der Waals surface area contributed by atoms with Gasteiger partial charge >= 0.3 is 11.9 Å². The van der Waals surface area contributed by atoms with Crippen LogP contribution in [0.5, 0.6) is 0 Å². The molecule has 0 fully saturated rings. The second-order valence-corrected chi connectivity index (χ2v) is 11.7. The Labute approximate surface area is 220 Å². The van der Waals surface area contributed by atoms with Crippen LogP contribution in [0, 0.1) is 5.92 Å². The highest BCUT2D eigenvalue weighted by atomic mass is 32.2. The number of esters is 1. The first-order valence-corrected chi connectivity index (χ1v) is 16.1. The fourth-order valence-corrected chi connectivity index (χ4v) is 5.54. The molecule has 2 atom stereocenters. The number of hydrogen-bond acceptors (Lipinski definition) is 5. The van der Waals surface area contributed by atoms with Crippen LogP contribution in [0.2, 0.25) is 0 Å². The summed E-state index contributed by atoms with van der Waals surface area (Å²) >= 11 is 0. The van der Waals surface area contributed by atoms with E-state index < -0.39 is 33.2 Å². The van der Waals surface area contributed by atoms with Gasteiger partial charge in [-0.1, -0.05) is 136 Å². The summed E-state index contributed by atoms with van der Waals surface area (Å²) in [5.74, 6) is -3.96. The highest BCUT2D eigenvalue weighted by Gasteiger charge is 2.43. The minimum absolute atomic E-state index is 0.0735. The Bertz CT molecular complexity index is 648. The molecule has 8 heteroatoms. The Morgan fingerprint density at radius 3 is 1.36 bits per heavy atom. The van der Waals surface area contributed by atoms with E-state index in [-0.39, 0.29) is 13.0 Å². The summed E-state index contributed by atoms with van der Waals surface area (Å²) in [6, 6.07) is 0. The van der Waals surface area contributed by atoms with Gasteiger partial charge in [-0.15, -0.1) is 0 Å². The fraction of sp³-hybridized carbons (Fsp3) is 0.929. The molecule has 7 nitrogen and oxygen atoms in total. The predicted octanol–water partition coefficient (Wildman–Crippen LogP) is 7.72. The standard InChI is InChI=1S/C28H54O7S/c1-3-5-7-9-11-12-13-14-15-16-17-18-19-21-23-25(26(27(29)30)36(32,33)34)28(31)35-24-22-20-10-8-6-4-2/h25-26H,3-24H2,1-2H3,(H,29,30)(H,32,33,34). The number of aliphatic carboxylic acids is 1.